The predicted octanol–water partition coefficient (Wildman–Crippen LogP) is 3.61. The molecule has 0 bridgehead atoms. The number of rotatable bonds is 8. The summed E-state index contributed by atoms with van der Waals surface area (Å²) in [5.41, 5.74) is 7.46. The second kappa shape index (κ2) is 8.07. The third-order valence-corrected chi connectivity index (χ3v) is 2.89. The highest BCUT2D eigenvalue weighted by molar-refractivity contribution is 5.61. The molecule has 0 aliphatic rings. The van der Waals surface area contributed by atoms with Gasteiger partial charge in [-0.3, -0.25) is 11.0 Å². The van der Waals surface area contributed by atoms with Crippen LogP contribution in [-0.2, 0) is 9.68 Å². The Morgan fingerprint density at radius 2 is 1.09 bits per heavy atom. The van der Waals surface area contributed by atoms with Crippen LogP contribution in [0.2, 0.25) is 0 Å². The van der Waals surface area contributed by atoms with E-state index in [2.05, 4.69) is 24.1 Å². The standard InChI is InChI=1S/C17H16F2N2O2/c1-12(14-3-7-16(18)8-4-14)20-22-11-23-21-13(2)15-5-9-17(19)10-6-15/h3-10,20-21H,1-2,11H2. The molecular weight excluding hydrogens is 302 g/mol. The largest absolute Gasteiger partial charge is 0.264 e. The van der Waals surface area contributed by atoms with E-state index in [1.54, 1.807) is 24.3 Å². The zero-order chi connectivity index (χ0) is 16.7. The van der Waals surface area contributed by atoms with E-state index in [0.29, 0.717) is 22.5 Å². The van der Waals surface area contributed by atoms with Crippen LogP contribution in [0, 0.1) is 11.6 Å². The van der Waals surface area contributed by atoms with Gasteiger partial charge in [0, 0.05) is 0 Å². The first-order valence-corrected chi connectivity index (χ1v) is 6.71. The van der Waals surface area contributed by atoms with Crippen LogP contribution in [0.1, 0.15) is 11.1 Å². The fourth-order valence-electron chi connectivity index (χ4n) is 1.68. The Labute approximate surface area is 132 Å². The van der Waals surface area contributed by atoms with Gasteiger partial charge in [-0.15, -0.1) is 0 Å². The Kier molecular flexibility index (Phi) is 5.85. The van der Waals surface area contributed by atoms with Crippen LogP contribution in [0.4, 0.5) is 8.78 Å². The first kappa shape index (κ1) is 16.7. The van der Waals surface area contributed by atoms with E-state index in [-0.39, 0.29) is 18.4 Å². The molecule has 0 radical (unpaired) electrons. The number of nitrogens with one attached hydrogen (secondary N) is 2. The van der Waals surface area contributed by atoms with Crippen molar-refractivity contribution in [3.05, 3.63) is 84.5 Å². The third-order valence-electron chi connectivity index (χ3n) is 2.89. The Hall–Kier alpha value is -2.70. The summed E-state index contributed by atoms with van der Waals surface area (Å²) >= 11 is 0. The highest BCUT2D eigenvalue weighted by Crippen LogP contribution is 2.11. The van der Waals surface area contributed by atoms with E-state index in [1.807, 2.05) is 0 Å². The van der Waals surface area contributed by atoms with Gasteiger partial charge < -0.3 is 0 Å². The molecular formula is C17H16F2N2O2. The fraction of sp³-hybridized carbons (Fsp3) is 0.0588. The molecule has 0 heterocycles. The summed E-state index contributed by atoms with van der Waals surface area (Å²) in [6, 6.07) is 11.6. The van der Waals surface area contributed by atoms with Gasteiger partial charge in [0.05, 0.1) is 11.4 Å². The van der Waals surface area contributed by atoms with Gasteiger partial charge in [0.1, 0.15) is 11.6 Å². The molecule has 0 unspecified atom stereocenters. The van der Waals surface area contributed by atoms with Crippen LogP contribution in [0.15, 0.2) is 61.7 Å². The molecule has 0 spiro atoms. The molecule has 0 atom stereocenters. The SMILES string of the molecule is C=C(NOCONC(=C)c1ccc(F)cc1)c1ccc(F)cc1. The van der Waals surface area contributed by atoms with Gasteiger partial charge in [-0.1, -0.05) is 13.2 Å². The summed E-state index contributed by atoms with van der Waals surface area (Å²) in [6.45, 7) is 7.37. The molecule has 4 nitrogen and oxygen atoms in total. The molecule has 0 amide bonds. The Bertz CT molecular complexity index is 610. The Balaban J connectivity index is 1.67. The summed E-state index contributed by atoms with van der Waals surface area (Å²) in [5, 5.41) is 0. The van der Waals surface area contributed by atoms with Gasteiger partial charge in [0.2, 0.25) is 0 Å². The highest BCUT2D eigenvalue weighted by atomic mass is 19.1. The van der Waals surface area contributed by atoms with Crippen molar-refractivity contribution in [3.8, 4) is 0 Å². The van der Waals surface area contributed by atoms with E-state index in [4.69, 9.17) is 9.68 Å². The lowest BCUT2D eigenvalue weighted by molar-refractivity contribution is -0.107. The average molecular weight is 318 g/mol. The second-order valence-electron chi connectivity index (χ2n) is 4.58. The number of hydrogen-bond donors (Lipinski definition) is 2. The maximum Gasteiger partial charge on any atom is 0.199 e. The maximum atomic E-state index is 12.8. The van der Waals surface area contributed by atoms with Gasteiger partial charge in [0.15, 0.2) is 6.79 Å². The normalized spacial score (nSPS) is 10.2. The van der Waals surface area contributed by atoms with Crippen molar-refractivity contribution in [2.75, 3.05) is 6.79 Å². The van der Waals surface area contributed by atoms with Crippen LogP contribution in [0.5, 0.6) is 0 Å². The van der Waals surface area contributed by atoms with Crippen LogP contribution in [0.3, 0.4) is 0 Å². The first-order chi connectivity index (χ1) is 11.1. The van der Waals surface area contributed by atoms with Crippen LogP contribution in [0.25, 0.3) is 11.4 Å². The molecule has 0 aliphatic heterocycles. The maximum absolute atomic E-state index is 12.8. The molecule has 0 saturated heterocycles. The zero-order valence-corrected chi connectivity index (χ0v) is 12.3. The number of hydroxylamine groups is 2. The summed E-state index contributed by atoms with van der Waals surface area (Å²) in [7, 11) is 0. The van der Waals surface area contributed by atoms with Crippen LogP contribution in [-0.4, -0.2) is 6.79 Å². The topological polar surface area (TPSA) is 42.5 Å². The molecule has 0 fully saturated rings. The predicted molar refractivity (Wildman–Crippen MR) is 84.2 cm³/mol. The van der Waals surface area contributed by atoms with E-state index in [0.717, 1.165) is 0 Å². The number of hydrogen-bond acceptors (Lipinski definition) is 4. The van der Waals surface area contributed by atoms with Crippen LogP contribution < -0.4 is 11.0 Å². The number of halogens is 2. The van der Waals surface area contributed by atoms with Crippen molar-refractivity contribution in [2.24, 2.45) is 0 Å². The lowest BCUT2D eigenvalue weighted by Gasteiger charge is -2.12. The molecule has 0 saturated carbocycles. The van der Waals surface area contributed by atoms with Gasteiger partial charge >= 0.3 is 0 Å². The minimum absolute atomic E-state index is 0.138. The summed E-state index contributed by atoms with van der Waals surface area (Å²) in [6.07, 6.45) is 0. The molecule has 0 aliphatic carbocycles. The minimum Gasteiger partial charge on any atom is -0.264 e. The van der Waals surface area contributed by atoms with E-state index in [1.165, 1.54) is 24.3 Å². The van der Waals surface area contributed by atoms with Crippen molar-refractivity contribution in [1.82, 2.24) is 11.0 Å². The zero-order valence-electron chi connectivity index (χ0n) is 12.3. The molecule has 0 aromatic heterocycles. The Morgan fingerprint density at radius 1 is 0.739 bits per heavy atom. The summed E-state index contributed by atoms with van der Waals surface area (Å²) in [4.78, 5) is 10.1. The monoisotopic (exact) mass is 318 g/mol. The molecule has 120 valence electrons. The number of benzene rings is 2. The second-order valence-corrected chi connectivity index (χ2v) is 4.58. The lowest BCUT2D eigenvalue weighted by atomic mass is 10.2. The van der Waals surface area contributed by atoms with Gasteiger partial charge in [-0.2, -0.15) is 0 Å². The van der Waals surface area contributed by atoms with E-state index < -0.39 is 0 Å². The summed E-state index contributed by atoms with van der Waals surface area (Å²) < 4.78 is 25.6. The van der Waals surface area contributed by atoms with Crippen LogP contribution >= 0.6 is 0 Å². The fourth-order valence-corrected chi connectivity index (χ4v) is 1.68. The van der Waals surface area contributed by atoms with E-state index >= 15 is 0 Å². The smallest absolute Gasteiger partial charge is 0.199 e. The van der Waals surface area contributed by atoms with Gasteiger partial charge in [-0.25, -0.2) is 18.5 Å². The van der Waals surface area contributed by atoms with Gasteiger partial charge in [0.25, 0.3) is 0 Å². The molecule has 6 heteroatoms. The first-order valence-electron chi connectivity index (χ1n) is 6.71. The van der Waals surface area contributed by atoms with E-state index in [9.17, 15) is 8.78 Å². The van der Waals surface area contributed by atoms with Crippen molar-refractivity contribution < 1.29 is 18.5 Å². The van der Waals surface area contributed by atoms with Crippen molar-refractivity contribution in [1.29, 1.82) is 0 Å². The average Bonchev–Trinajstić information content (AvgIpc) is 2.55. The molecule has 2 N–H and O–H groups in total. The minimum atomic E-state index is -0.325. The van der Waals surface area contributed by atoms with Crippen molar-refractivity contribution >= 4 is 11.4 Å². The lowest BCUT2D eigenvalue weighted by Crippen LogP contribution is -2.20. The third kappa shape index (κ3) is 5.21. The Morgan fingerprint density at radius 3 is 1.43 bits per heavy atom. The van der Waals surface area contributed by atoms with Crippen molar-refractivity contribution in [3.63, 3.8) is 0 Å². The van der Waals surface area contributed by atoms with Gasteiger partial charge in [-0.05, 0) is 59.7 Å². The molecule has 2 aromatic rings. The van der Waals surface area contributed by atoms with Crippen molar-refractivity contribution in [2.45, 2.75) is 0 Å². The highest BCUT2D eigenvalue weighted by Gasteiger charge is 2.01. The molecule has 2 rings (SSSR count). The molecule has 2 aromatic carbocycles. The summed E-state index contributed by atoms with van der Waals surface area (Å²) in [5.74, 6) is -0.649. The molecule has 23 heavy (non-hydrogen) atoms. The quantitative estimate of drug-likeness (QED) is 0.443.